The van der Waals surface area contributed by atoms with Crippen LogP contribution < -0.4 is 9.47 Å². The van der Waals surface area contributed by atoms with Crippen LogP contribution in [0, 0.1) is 0 Å². The van der Waals surface area contributed by atoms with Gasteiger partial charge in [-0.2, -0.15) is 0 Å². The third-order valence-electron chi connectivity index (χ3n) is 6.14. The molecule has 4 nitrogen and oxygen atoms in total. The molecule has 0 bridgehead atoms. The first-order valence-electron chi connectivity index (χ1n) is 12.3. The van der Waals surface area contributed by atoms with Gasteiger partial charge in [0.25, 0.3) is 0 Å². The molecule has 0 heterocycles. The minimum Gasteiger partial charge on any atom is -0.457 e. The summed E-state index contributed by atoms with van der Waals surface area (Å²) in [6.45, 7) is 12.9. The van der Waals surface area contributed by atoms with Crippen molar-refractivity contribution in [3.63, 3.8) is 0 Å². The molecule has 37 heavy (non-hydrogen) atoms. The molecule has 0 fully saturated rings. The predicted molar refractivity (Wildman–Crippen MR) is 149 cm³/mol. The molecule has 0 aromatic heterocycles. The van der Waals surface area contributed by atoms with Gasteiger partial charge in [0.2, 0.25) is 9.84 Å². The number of benzene rings is 4. The Bertz CT molecular complexity index is 1360. The van der Waals surface area contributed by atoms with E-state index in [1.807, 2.05) is 36.4 Å². The Hall–Kier alpha value is -3.57. The standard InChI is InChI=1S/C32H34O4S/c1-31(2,3)23-9-7-11-27(21-23)35-25-13-17-29(18-14-25)37(33,34)30-19-15-26(16-20-30)36-28-12-8-10-24(22-28)32(4,5)6/h7-22H,1-6H3. The van der Waals surface area contributed by atoms with Gasteiger partial charge in [-0.25, -0.2) is 8.42 Å². The predicted octanol–water partition coefficient (Wildman–Crippen LogP) is 8.70. The van der Waals surface area contributed by atoms with Gasteiger partial charge >= 0.3 is 0 Å². The Balaban J connectivity index is 1.48. The summed E-state index contributed by atoms with van der Waals surface area (Å²) in [5.41, 5.74) is 2.35. The van der Waals surface area contributed by atoms with E-state index < -0.39 is 9.84 Å². The summed E-state index contributed by atoms with van der Waals surface area (Å²) < 4.78 is 38.4. The SMILES string of the molecule is CC(C)(C)c1cccc(Oc2ccc(S(=O)(=O)c3ccc(Oc4cccc(C(C)(C)C)c4)cc3)cc2)c1. The topological polar surface area (TPSA) is 52.6 Å². The largest absolute Gasteiger partial charge is 0.457 e. The maximum atomic E-state index is 13.2. The molecule has 4 aromatic carbocycles. The van der Waals surface area contributed by atoms with E-state index in [0.29, 0.717) is 23.0 Å². The van der Waals surface area contributed by atoms with Gasteiger partial charge < -0.3 is 9.47 Å². The van der Waals surface area contributed by atoms with Crippen LogP contribution >= 0.6 is 0 Å². The van der Waals surface area contributed by atoms with Crippen molar-refractivity contribution in [2.24, 2.45) is 0 Å². The molecule has 5 heteroatoms. The minimum absolute atomic E-state index is 0.00829. The second-order valence-electron chi connectivity index (χ2n) is 11.2. The fourth-order valence-electron chi connectivity index (χ4n) is 3.83. The van der Waals surface area contributed by atoms with Crippen molar-refractivity contribution < 1.29 is 17.9 Å². The molecule has 0 aliphatic heterocycles. The van der Waals surface area contributed by atoms with Gasteiger partial charge in [0, 0.05) is 0 Å². The fraction of sp³-hybridized carbons (Fsp3) is 0.250. The van der Waals surface area contributed by atoms with Crippen LogP contribution in [0.2, 0.25) is 0 Å². The number of ether oxygens (including phenoxy) is 2. The van der Waals surface area contributed by atoms with Crippen molar-refractivity contribution in [1.82, 2.24) is 0 Å². The van der Waals surface area contributed by atoms with E-state index in [0.717, 1.165) is 0 Å². The van der Waals surface area contributed by atoms with Crippen LogP contribution in [-0.2, 0) is 20.7 Å². The zero-order chi connectivity index (χ0) is 26.8. The first-order chi connectivity index (χ1) is 17.3. The van der Waals surface area contributed by atoms with Crippen molar-refractivity contribution >= 4 is 9.84 Å². The van der Waals surface area contributed by atoms with Crippen molar-refractivity contribution in [1.29, 1.82) is 0 Å². The van der Waals surface area contributed by atoms with Crippen LogP contribution in [0.25, 0.3) is 0 Å². The van der Waals surface area contributed by atoms with E-state index >= 15 is 0 Å². The molecule has 192 valence electrons. The number of hydrogen-bond acceptors (Lipinski definition) is 4. The maximum absolute atomic E-state index is 13.2. The summed E-state index contributed by atoms with van der Waals surface area (Å²) in [6, 6.07) is 28.9. The Morgan fingerprint density at radius 1 is 0.486 bits per heavy atom. The van der Waals surface area contributed by atoms with E-state index in [1.165, 1.54) is 11.1 Å². The molecule has 0 spiro atoms. The normalized spacial score (nSPS) is 12.3. The van der Waals surface area contributed by atoms with Gasteiger partial charge in [-0.3, -0.25) is 0 Å². The first-order valence-corrected chi connectivity index (χ1v) is 13.8. The van der Waals surface area contributed by atoms with E-state index in [9.17, 15) is 8.42 Å². The average molecular weight is 515 g/mol. The van der Waals surface area contributed by atoms with Gasteiger partial charge in [0.15, 0.2) is 0 Å². The number of hydrogen-bond donors (Lipinski definition) is 0. The Morgan fingerprint density at radius 2 is 0.838 bits per heavy atom. The first kappa shape index (κ1) is 26.5. The summed E-state index contributed by atoms with van der Waals surface area (Å²) in [5.74, 6) is 2.58. The van der Waals surface area contributed by atoms with E-state index in [-0.39, 0.29) is 20.6 Å². The van der Waals surface area contributed by atoms with Crippen LogP contribution in [0.3, 0.4) is 0 Å². The molecule has 4 aromatic rings. The summed E-state index contributed by atoms with van der Waals surface area (Å²) in [7, 11) is -3.68. The highest BCUT2D eigenvalue weighted by Crippen LogP contribution is 2.32. The lowest BCUT2D eigenvalue weighted by Crippen LogP contribution is -2.10. The van der Waals surface area contributed by atoms with Crippen LogP contribution in [0.5, 0.6) is 23.0 Å². The lowest BCUT2D eigenvalue weighted by atomic mass is 9.87. The van der Waals surface area contributed by atoms with Crippen LogP contribution in [0.15, 0.2) is 107 Å². The lowest BCUT2D eigenvalue weighted by Gasteiger charge is -2.19. The van der Waals surface area contributed by atoms with E-state index in [1.54, 1.807) is 48.5 Å². The Kier molecular flexibility index (Phi) is 7.20. The summed E-state index contributed by atoms with van der Waals surface area (Å²) in [5, 5.41) is 0. The molecule has 0 saturated heterocycles. The van der Waals surface area contributed by atoms with Crippen LogP contribution in [0.1, 0.15) is 52.7 Å². The molecule has 0 aliphatic rings. The smallest absolute Gasteiger partial charge is 0.206 e. The third kappa shape index (κ3) is 6.41. The average Bonchev–Trinajstić information content (AvgIpc) is 2.84. The zero-order valence-electron chi connectivity index (χ0n) is 22.3. The van der Waals surface area contributed by atoms with Crippen molar-refractivity contribution in [3.05, 3.63) is 108 Å². The molecule has 4 rings (SSSR count). The van der Waals surface area contributed by atoms with Crippen molar-refractivity contribution in [3.8, 4) is 23.0 Å². The van der Waals surface area contributed by atoms with Gasteiger partial charge in [-0.1, -0.05) is 65.8 Å². The zero-order valence-corrected chi connectivity index (χ0v) is 23.1. The second kappa shape index (κ2) is 10.1. The quantitative estimate of drug-likeness (QED) is 0.258. The molecule has 0 atom stereocenters. The molecule has 0 saturated carbocycles. The third-order valence-corrected chi connectivity index (χ3v) is 7.93. The fourth-order valence-corrected chi connectivity index (χ4v) is 5.10. The summed E-state index contributed by atoms with van der Waals surface area (Å²) in [4.78, 5) is 0.407. The van der Waals surface area contributed by atoms with Gasteiger partial charge in [0.05, 0.1) is 9.79 Å². The van der Waals surface area contributed by atoms with Gasteiger partial charge in [-0.15, -0.1) is 0 Å². The van der Waals surface area contributed by atoms with Gasteiger partial charge in [0.1, 0.15) is 23.0 Å². The van der Waals surface area contributed by atoms with E-state index in [4.69, 9.17) is 9.47 Å². The summed E-state index contributed by atoms with van der Waals surface area (Å²) in [6.07, 6.45) is 0. The number of sulfone groups is 1. The highest BCUT2D eigenvalue weighted by molar-refractivity contribution is 7.91. The Labute approximate surface area is 220 Å². The summed E-state index contributed by atoms with van der Waals surface area (Å²) >= 11 is 0. The van der Waals surface area contributed by atoms with Gasteiger partial charge in [-0.05, 0) is 94.8 Å². The molecular weight excluding hydrogens is 480 g/mol. The molecule has 0 amide bonds. The molecule has 0 unspecified atom stereocenters. The minimum atomic E-state index is -3.68. The number of rotatable bonds is 6. The molecule has 0 radical (unpaired) electrons. The Morgan fingerprint density at radius 3 is 1.16 bits per heavy atom. The highest BCUT2D eigenvalue weighted by Gasteiger charge is 2.19. The van der Waals surface area contributed by atoms with Crippen LogP contribution in [0.4, 0.5) is 0 Å². The molecular formula is C32H34O4S. The highest BCUT2D eigenvalue weighted by atomic mass is 32.2. The van der Waals surface area contributed by atoms with Crippen LogP contribution in [-0.4, -0.2) is 8.42 Å². The lowest BCUT2D eigenvalue weighted by molar-refractivity contribution is 0.478. The van der Waals surface area contributed by atoms with Crippen molar-refractivity contribution in [2.45, 2.75) is 62.2 Å². The maximum Gasteiger partial charge on any atom is 0.206 e. The second-order valence-corrected chi connectivity index (χ2v) is 13.2. The molecule has 0 N–H and O–H groups in total. The monoisotopic (exact) mass is 514 g/mol. The molecule has 0 aliphatic carbocycles. The van der Waals surface area contributed by atoms with Crippen molar-refractivity contribution in [2.75, 3.05) is 0 Å². The van der Waals surface area contributed by atoms with E-state index in [2.05, 4.69) is 53.7 Å².